The van der Waals surface area contributed by atoms with Crippen molar-refractivity contribution < 1.29 is 24.9 Å². The van der Waals surface area contributed by atoms with Crippen LogP contribution in [0.5, 0.6) is 11.5 Å². The third kappa shape index (κ3) is 4.67. The van der Waals surface area contributed by atoms with E-state index < -0.39 is 12.0 Å². The van der Waals surface area contributed by atoms with E-state index in [1.165, 1.54) is 24.3 Å². The molecule has 0 radical (unpaired) electrons. The van der Waals surface area contributed by atoms with Gasteiger partial charge in [0, 0.05) is 17.7 Å². The first-order chi connectivity index (χ1) is 13.4. The maximum atomic E-state index is 12.7. The van der Waals surface area contributed by atoms with Crippen LogP contribution in [0.4, 0.5) is 5.69 Å². The SMILES string of the molecule is O=C(O)c1ccc(NC(CC(=O)c2ccc(O)cc2)c2ccc(O)cc2)cc1. The lowest BCUT2D eigenvalue weighted by atomic mass is 9.97. The number of aromatic hydroxyl groups is 2. The van der Waals surface area contributed by atoms with Crippen LogP contribution in [-0.2, 0) is 0 Å². The average Bonchev–Trinajstić information content (AvgIpc) is 2.69. The molecule has 4 N–H and O–H groups in total. The largest absolute Gasteiger partial charge is 0.508 e. The van der Waals surface area contributed by atoms with Gasteiger partial charge in [0.2, 0.25) is 0 Å². The quantitative estimate of drug-likeness (QED) is 0.459. The number of carboxylic acids is 1. The van der Waals surface area contributed by atoms with E-state index in [9.17, 15) is 19.8 Å². The van der Waals surface area contributed by atoms with Crippen LogP contribution < -0.4 is 5.32 Å². The number of anilines is 1. The zero-order chi connectivity index (χ0) is 20.1. The maximum Gasteiger partial charge on any atom is 0.335 e. The number of Topliss-reactive ketones (excluding diaryl/α,β-unsaturated/α-hetero) is 1. The molecule has 0 aliphatic heterocycles. The van der Waals surface area contributed by atoms with Crippen LogP contribution in [0.25, 0.3) is 0 Å². The molecule has 3 aromatic carbocycles. The van der Waals surface area contributed by atoms with Crippen molar-refractivity contribution in [1.29, 1.82) is 0 Å². The topological polar surface area (TPSA) is 107 Å². The highest BCUT2D eigenvalue weighted by atomic mass is 16.4. The van der Waals surface area contributed by atoms with Gasteiger partial charge in [0.15, 0.2) is 5.78 Å². The van der Waals surface area contributed by atoms with Gasteiger partial charge in [-0.1, -0.05) is 12.1 Å². The summed E-state index contributed by atoms with van der Waals surface area (Å²) in [5.74, 6) is -0.918. The Kier molecular flexibility index (Phi) is 5.60. The first-order valence-electron chi connectivity index (χ1n) is 8.63. The zero-order valence-electron chi connectivity index (χ0n) is 14.9. The molecule has 28 heavy (non-hydrogen) atoms. The summed E-state index contributed by atoms with van der Waals surface area (Å²) >= 11 is 0. The fourth-order valence-corrected chi connectivity index (χ4v) is 2.82. The van der Waals surface area contributed by atoms with Crippen molar-refractivity contribution in [2.24, 2.45) is 0 Å². The minimum atomic E-state index is -1.01. The summed E-state index contributed by atoms with van der Waals surface area (Å²) in [7, 11) is 0. The van der Waals surface area contributed by atoms with Crippen molar-refractivity contribution in [3.63, 3.8) is 0 Å². The molecule has 0 aliphatic carbocycles. The van der Waals surface area contributed by atoms with Crippen LogP contribution in [0.15, 0.2) is 72.8 Å². The van der Waals surface area contributed by atoms with Crippen LogP contribution in [0.2, 0.25) is 0 Å². The first-order valence-corrected chi connectivity index (χ1v) is 8.63. The average molecular weight is 377 g/mol. The Balaban J connectivity index is 1.84. The van der Waals surface area contributed by atoms with Crippen molar-refractivity contribution >= 4 is 17.4 Å². The first kappa shape index (κ1) is 19.0. The van der Waals surface area contributed by atoms with E-state index in [0.29, 0.717) is 11.3 Å². The van der Waals surface area contributed by atoms with E-state index in [1.807, 2.05) is 0 Å². The number of nitrogens with one attached hydrogen (secondary N) is 1. The van der Waals surface area contributed by atoms with Gasteiger partial charge in [0.1, 0.15) is 11.5 Å². The van der Waals surface area contributed by atoms with Gasteiger partial charge in [-0.05, 0) is 66.2 Å². The van der Waals surface area contributed by atoms with Crippen LogP contribution in [-0.4, -0.2) is 27.1 Å². The molecule has 0 amide bonds. The van der Waals surface area contributed by atoms with Crippen LogP contribution in [0, 0.1) is 0 Å². The summed E-state index contributed by atoms with van der Waals surface area (Å²) in [5.41, 5.74) is 2.12. The molecule has 0 bridgehead atoms. The van der Waals surface area contributed by atoms with E-state index in [1.54, 1.807) is 48.5 Å². The van der Waals surface area contributed by atoms with Gasteiger partial charge in [-0.3, -0.25) is 4.79 Å². The molecule has 0 spiro atoms. The summed E-state index contributed by atoms with van der Waals surface area (Å²) in [6.07, 6.45) is 0.135. The third-order valence-corrected chi connectivity index (χ3v) is 4.35. The van der Waals surface area contributed by atoms with E-state index >= 15 is 0 Å². The van der Waals surface area contributed by atoms with Gasteiger partial charge < -0.3 is 20.6 Å². The summed E-state index contributed by atoms with van der Waals surface area (Å²) in [4.78, 5) is 23.7. The Morgan fingerprint density at radius 3 is 1.79 bits per heavy atom. The predicted octanol–water partition coefficient (Wildman–Crippen LogP) is 4.22. The molecular formula is C22H19NO5. The Morgan fingerprint density at radius 1 is 0.750 bits per heavy atom. The number of carboxylic acid groups (broad SMARTS) is 1. The fourth-order valence-electron chi connectivity index (χ4n) is 2.82. The minimum absolute atomic E-state index is 0.0864. The van der Waals surface area contributed by atoms with E-state index in [4.69, 9.17) is 5.11 Å². The number of hydrogen-bond donors (Lipinski definition) is 4. The van der Waals surface area contributed by atoms with E-state index in [0.717, 1.165) is 5.56 Å². The number of rotatable bonds is 7. The number of phenols is 2. The Morgan fingerprint density at radius 2 is 1.25 bits per heavy atom. The lowest BCUT2D eigenvalue weighted by molar-refractivity contribution is 0.0696. The zero-order valence-corrected chi connectivity index (χ0v) is 14.9. The molecule has 6 nitrogen and oxygen atoms in total. The number of carbonyl (C=O) groups is 2. The van der Waals surface area contributed by atoms with E-state index in [2.05, 4.69) is 5.32 Å². The smallest absolute Gasteiger partial charge is 0.335 e. The van der Waals surface area contributed by atoms with Gasteiger partial charge in [-0.25, -0.2) is 4.79 Å². The third-order valence-electron chi connectivity index (χ3n) is 4.35. The van der Waals surface area contributed by atoms with Crippen LogP contribution in [0.3, 0.4) is 0 Å². The lowest BCUT2D eigenvalue weighted by Gasteiger charge is -2.20. The molecule has 1 unspecified atom stereocenters. The second-order valence-electron chi connectivity index (χ2n) is 6.35. The van der Waals surface area contributed by atoms with Crippen molar-refractivity contribution in [3.05, 3.63) is 89.5 Å². The number of hydrogen-bond acceptors (Lipinski definition) is 5. The highest BCUT2D eigenvalue weighted by Gasteiger charge is 2.18. The number of ketones is 1. The van der Waals surface area contributed by atoms with Gasteiger partial charge in [-0.15, -0.1) is 0 Å². The molecule has 0 aromatic heterocycles. The summed E-state index contributed by atoms with van der Waals surface area (Å²) in [6, 6.07) is 18.4. The highest BCUT2D eigenvalue weighted by Crippen LogP contribution is 2.26. The molecule has 0 saturated heterocycles. The van der Waals surface area contributed by atoms with Crippen molar-refractivity contribution in [1.82, 2.24) is 0 Å². The monoisotopic (exact) mass is 377 g/mol. The number of benzene rings is 3. The standard InChI is InChI=1S/C22H19NO5/c24-18-9-3-14(4-10-18)20(13-21(26)15-5-11-19(25)12-6-15)23-17-7-1-16(2-8-17)22(27)28/h1-12,20,23-25H,13H2,(H,27,28). The maximum absolute atomic E-state index is 12.7. The summed E-state index contributed by atoms with van der Waals surface area (Å²) < 4.78 is 0. The van der Waals surface area contributed by atoms with Crippen molar-refractivity contribution in [2.75, 3.05) is 5.32 Å². The lowest BCUT2D eigenvalue weighted by Crippen LogP contribution is -2.16. The van der Waals surface area contributed by atoms with Crippen molar-refractivity contribution in [3.8, 4) is 11.5 Å². The van der Waals surface area contributed by atoms with Gasteiger partial charge in [-0.2, -0.15) is 0 Å². The molecular weight excluding hydrogens is 358 g/mol. The van der Waals surface area contributed by atoms with Gasteiger partial charge in [0.05, 0.1) is 11.6 Å². The Bertz CT molecular complexity index is 963. The molecule has 1 atom stereocenters. The van der Waals surface area contributed by atoms with Gasteiger partial charge >= 0.3 is 5.97 Å². The summed E-state index contributed by atoms with van der Waals surface area (Å²) in [6.45, 7) is 0. The second-order valence-corrected chi connectivity index (χ2v) is 6.35. The molecule has 3 aromatic rings. The number of phenolic OH excluding ortho intramolecular Hbond substituents is 2. The highest BCUT2D eigenvalue weighted by molar-refractivity contribution is 5.96. The second kappa shape index (κ2) is 8.26. The minimum Gasteiger partial charge on any atom is -0.508 e. The molecule has 0 heterocycles. The van der Waals surface area contributed by atoms with Crippen molar-refractivity contribution in [2.45, 2.75) is 12.5 Å². The molecule has 0 fully saturated rings. The predicted molar refractivity (Wildman–Crippen MR) is 105 cm³/mol. The molecule has 0 aliphatic rings. The number of carbonyl (C=O) groups excluding carboxylic acids is 1. The fraction of sp³-hybridized carbons (Fsp3) is 0.0909. The Labute approximate surface area is 161 Å². The normalized spacial score (nSPS) is 11.6. The molecule has 0 saturated carbocycles. The van der Waals surface area contributed by atoms with Gasteiger partial charge in [0.25, 0.3) is 0 Å². The number of aromatic carboxylic acids is 1. The summed E-state index contributed by atoms with van der Waals surface area (Å²) in [5, 5.41) is 31.2. The Hall–Kier alpha value is -3.80. The van der Waals surface area contributed by atoms with E-state index in [-0.39, 0.29) is 29.3 Å². The van der Waals surface area contributed by atoms with Crippen LogP contribution >= 0.6 is 0 Å². The van der Waals surface area contributed by atoms with Crippen LogP contribution in [0.1, 0.15) is 38.7 Å². The molecule has 3 rings (SSSR count). The molecule has 142 valence electrons. The molecule has 6 heteroatoms.